The van der Waals surface area contributed by atoms with Crippen LogP contribution in [0.15, 0.2) is 36.5 Å². The van der Waals surface area contributed by atoms with Crippen molar-refractivity contribution in [1.29, 1.82) is 0 Å². The Bertz CT molecular complexity index is 841. The number of anilines is 2. The van der Waals surface area contributed by atoms with E-state index in [1.165, 1.54) is 13.3 Å². The highest BCUT2D eigenvalue weighted by Gasteiger charge is 2.28. The molecular weight excluding hydrogens is 370 g/mol. The molecular formula is C19H20ClN3O4. The number of ether oxygens (including phenoxy) is 2. The standard InChI is InChI=1S/C19H20ClN3O4/c1-26-18(24)11-27-16-3-2-8-23(15-6-5-13(20)9-14(15)16)19(25)12-4-7-17(21)22-10-12/h4-7,9-10,16H,2-3,8,11H2,1H3,(H2,21,22). The Morgan fingerprint density at radius 1 is 1.33 bits per heavy atom. The molecule has 1 aliphatic rings. The number of methoxy groups -OCH3 is 1. The second-order valence-corrected chi connectivity index (χ2v) is 6.59. The topological polar surface area (TPSA) is 94.8 Å². The SMILES string of the molecule is COC(=O)COC1CCCN(C(=O)c2ccc(N)nc2)c2ccc(Cl)cc21. The first-order valence-corrected chi connectivity index (χ1v) is 8.88. The molecule has 1 amide bonds. The fourth-order valence-corrected chi connectivity index (χ4v) is 3.22. The molecule has 1 aromatic heterocycles. The molecule has 27 heavy (non-hydrogen) atoms. The third-order valence-electron chi connectivity index (χ3n) is 4.38. The molecule has 2 aromatic rings. The summed E-state index contributed by atoms with van der Waals surface area (Å²) in [6, 6.07) is 8.53. The summed E-state index contributed by atoms with van der Waals surface area (Å²) in [5.41, 5.74) is 7.52. The molecule has 0 radical (unpaired) electrons. The number of hydrogen-bond donors (Lipinski definition) is 1. The summed E-state index contributed by atoms with van der Waals surface area (Å²) < 4.78 is 10.4. The van der Waals surface area contributed by atoms with Gasteiger partial charge >= 0.3 is 5.97 Å². The maximum atomic E-state index is 13.0. The second-order valence-electron chi connectivity index (χ2n) is 6.15. The molecule has 8 heteroatoms. The van der Waals surface area contributed by atoms with Gasteiger partial charge in [-0.2, -0.15) is 0 Å². The van der Waals surface area contributed by atoms with Gasteiger partial charge in [0.2, 0.25) is 0 Å². The number of carbonyl (C=O) groups excluding carboxylic acids is 2. The number of rotatable bonds is 4. The Morgan fingerprint density at radius 2 is 2.15 bits per heavy atom. The van der Waals surface area contributed by atoms with Crippen LogP contribution in [0.3, 0.4) is 0 Å². The van der Waals surface area contributed by atoms with E-state index in [0.717, 1.165) is 5.56 Å². The van der Waals surface area contributed by atoms with Gasteiger partial charge in [-0.15, -0.1) is 0 Å². The van der Waals surface area contributed by atoms with Crippen LogP contribution in [0.2, 0.25) is 5.02 Å². The number of aromatic nitrogens is 1. The van der Waals surface area contributed by atoms with Crippen LogP contribution in [0.25, 0.3) is 0 Å². The minimum Gasteiger partial charge on any atom is -0.467 e. The van der Waals surface area contributed by atoms with Gasteiger partial charge in [0.15, 0.2) is 0 Å². The summed E-state index contributed by atoms with van der Waals surface area (Å²) in [7, 11) is 1.31. The molecule has 7 nitrogen and oxygen atoms in total. The average molecular weight is 390 g/mol. The van der Waals surface area contributed by atoms with Crippen LogP contribution in [0.5, 0.6) is 0 Å². The Kier molecular flexibility index (Phi) is 5.93. The van der Waals surface area contributed by atoms with Gasteiger partial charge in [-0.3, -0.25) is 4.79 Å². The lowest BCUT2D eigenvalue weighted by Crippen LogP contribution is -2.31. The lowest BCUT2D eigenvalue weighted by atomic mass is 10.0. The molecule has 0 fully saturated rings. The molecule has 142 valence electrons. The molecule has 1 aliphatic heterocycles. The normalized spacial score (nSPS) is 16.4. The van der Waals surface area contributed by atoms with Crippen LogP contribution in [-0.2, 0) is 14.3 Å². The average Bonchev–Trinajstić information content (AvgIpc) is 2.85. The van der Waals surface area contributed by atoms with Crippen molar-refractivity contribution in [3.05, 3.63) is 52.7 Å². The zero-order valence-electron chi connectivity index (χ0n) is 14.9. The Hall–Kier alpha value is -2.64. The summed E-state index contributed by atoms with van der Waals surface area (Å²) in [5.74, 6) is -0.283. The number of fused-ring (bicyclic) bond motifs is 1. The first-order chi connectivity index (χ1) is 13.0. The lowest BCUT2D eigenvalue weighted by Gasteiger charge is -2.24. The number of nitrogens with two attached hydrogens (primary N) is 1. The molecule has 1 atom stereocenters. The van der Waals surface area contributed by atoms with Crippen LogP contribution in [0.1, 0.15) is 34.9 Å². The number of pyridine rings is 1. The van der Waals surface area contributed by atoms with Gasteiger partial charge in [0.05, 0.1) is 18.8 Å². The molecule has 3 rings (SSSR count). The smallest absolute Gasteiger partial charge is 0.331 e. The summed E-state index contributed by atoms with van der Waals surface area (Å²) in [4.78, 5) is 30.2. The van der Waals surface area contributed by atoms with E-state index >= 15 is 0 Å². The van der Waals surface area contributed by atoms with Crippen LogP contribution < -0.4 is 10.6 Å². The predicted octanol–water partition coefficient (Wildman–Crippen LogP) is 2.99. The molecule has 2 heterocycles. The fourth-order valence-electron chi connectivity index (χ4n) is 3.04. The molecule has 1 aromatic carbocycles. The van der Waals surface area contributed by atoms with E-state index < -0.39 is 5.97 Å². The molecule has 2 N–H and O–H groups in total. The van der Waals surface area contributed by atoms with Gasteiger partial charge in [-0.05, 0) is 43.2 Å². The molecule has 0 saturated carbocycles. The van der Waals surface area contributed by atoms with Crippen molar-refractivity contribution >= 4 is 35.0 Å². The number of amides is 1. The van der Waals surface area contributed by atoms with Crippen LogP contribution in [0, 0.1) is 0 Å². The fraction of sp³-hybridized carbons (Fsp3) is 0.316. The van der Waals surface area contributed by atoms with Gasteiger partial charge in [0.1, 0.15) is 12.4 Å². The summed E-state index contributed by atoms with van der Waals surface area (Å²) in [6.45, 7) is 0.346. The van der Waals surface area contributed by atoms with E-state index in [1.807, 2.05) is 0 Å². The maximum Gasteiger partial charge on any atom is 0.331 e. The van der Waals surface area contributed by atoms with Crippen LogP contribution >= 0.6 is 11.6 Å². The van der Waals surface area contributed by atoms with Crippen LogP contribution in [-0.4, -0.2) is 37.1 Å². The third kappa shape index (κ3) is 4.37. The summed E-state index contributed by atoms with van der Waals surface area (Å²) in [5, 5.41) is 0.531. The summed E-state index contributed by atoms with van der Waals surface area (Å²) in [6.07, 6.45) is 2.45. The van der Waals surface area contributed by atoms with Crippen LogP contribution in [0.4, 0.5) is 11.5 Å². The number of benzene rings is 1. The van der Waals surface area contributed by atoms with Gasteiger partial charge in [-0.25, -0.2) is 9.78 Å². The summed E-state index contributed by atoms with van der Waals surface area (Å²) >= 11 is 6.17. The van der Waals surface area contributed by atoms with Crippen molar-refractivity contribution in [2.24, 2.45) is 0 Å². The number of carbonyl (C=O) groups is 2. The van der Waals surface area contributed by atoms with E-state index in [-0.39, 0.29) is 18.6 Å². The maximum absolute atomic E-state index is 13.0. The van der Waals surface area contributed by atoms with Crippen molar-refractivity contribution in [3.8, 4) is 0 Å². The lowest BCUT2D eigenvalue weighted by molar-refractivity contribution is -0.148. The van der Waals surface area contributed by atoms with E-state index in [9.17, 15) is 9.59 Å². The highest BCUT2D eigenvalue weighted by atomic mass is 35.5. The number of nitrogen functional groups attached to an aromatic ring is 1. The zero-order chi connectivity index (χ0) is 19.4. The highest BCUT2D eigenvalue weighted by Crippen LogP contribution is 2.37. The van der Waals surface area contributed by atoms with E-state index in [4.69, 9.17) is 22.1 Å². The molecule has 0 saturated heterocycles. The van der Waals surface area contributed by atoms with E-state index in [2.05, 4.69) is 9.72 Å². The number of halogens is 1. The van der Waals surface area contributed by atoms with Crippen molar-refractivity contribution in [2.75, 3.05) is 30.9 Å². The molecule has 0 aliphatic carbocycles. The Balaban J connectivity index is 1.93. The Labute approximate surface area is 162 Å². The van der Waals surface area contributed by atoms with E-state index in [1.54, 1.807) is 35.2 Å². The monoisotopic (exact) mass is 389 g/mol. The second kappa shape index (κ2) is 8.37. The van der Waals surface area contributed by atoms with Crippen molar-refractivity contribution < 1.29 is 19.1 Å². The molecule has 0 bridgehead atoms. The first-order valence-electron chi connectivity index (χ1n) is 8.51. The first kappa shape index (κ1) is 19.1. The molecule has 0 spiro atoms. The number of hydrogen-bond acceptors (Lipinski definition) is 6. The van der Waals surface area contributed by atoms with Gasteiger partial charge in [0, 0.05) is 29.0 Å². The van der Waals surface area contributed by atoms with Gasteiger partial charge in [-0.1, -0.05) is 11.6 Å². The minimum atomic E-state index is -0.455. The predicted molar refractivity (Wildman–Crippen MR) is 102 cm³/mol. The quantitative estimate of drug-likeness (QED) is 0.808. The van der Waals surface area contributed by atoms with Gasteiger partial charge in [0.25, 0.3) is 5.91 Å². The highest BCUT2D eigenvalue weighted by molar-refractivity contribution is 6.30. The largest absolute Gasteiger partial charge is 0.467 e. The molecule has 1 unspecified atom stereocenters. The van der Waals surface area contributed by atoms with Crippen molar-refractivity contribution in [3.63, 3.8) is 0 Å². The number of nitrogens with zero attached hydrogens (tertiary/aromatic N) is 2. The minimum absolute atomic E-state index is 0.164. The van der Waals surface area contributed by atoms with Gasteiger partial charge < -0.3 is 20.1 Å². The van der Waals surface area contributed by atoms with Crippen molar-refractivity contribution in [1.82, 2.24) is 4.98 Å². The van der Waals surface area contributed by atoms with E-state index in [0.29, 0.717) is 41.5 Å². The zero-order valence-corrected chi connectivity index (χ0v) is 15.6. The number of esters is 1. The Morgan fingerprint density at radius 3 is 2.85 bits per heavy atom. The third-order valence-corrected chi connectivity index (χ3v) is 4.62. The van der Waals surface area contributed by atoms with Crippen molar-refractivity contribution in [2.45, 2.75) is 18.9 Å².